The summed E-state index contributed by atoms with van der Waals surface area (Å²) in [6.45, 7) is 2.99. The number of sulfonamides is 1. The minimum atomic E-state index is -3.50. The number of ether oxygens (including phenoxy) is 1. The molecule has 8 heteroatoms. The Hall–Kier alpha value is -1.22. The van der Waals surface area contributed by atoms with Crippen LogP contribution >= 0.6 is 0 Å². The second-order valence-corrected chi connectivity index (χ2v) is 7.55. The number of aliphatic hydroxyl groups excluding tert-OH is 1. The molecule has 1 aromatic heterocycles. The third-order valence-electron chi connectivity index (χ3n) is 4.05. The van der Waals surface area contributed by atoms with Gasteiger partial charge in [-0.2, -0.15) is 4.31 Å². The van der Waals surface area contributed by atoms with E-state index in [2.05, 4.69) is 4.98 Å². The van der Waals surface area contributed by atoms with Gasteiger partial charge in [-0.3, -0.25) is 0 Å². The highest BCUT2D eigenvalue weighted by Crippen LogP contribution is 2.21. The average Bonchev–Trinajstić information content (AvgIpc) is 2.56. The van der Waals surface area contributed by atoms with E-state index in [0.717, 1.165) is 19.4 Å². The number of aliphatic hydroxyl groups is 1. The Labute approximate surface area is 130 Å². The topological polar surface area (TPSA) is 83.0 Å². The number of hydrogen-bond donors (Lipinski definition) is 1. The molecule has 0 unspecified atom stereocenters. The van der Waals surface area contributed by atoms with E-state index < -0.39 is 10.0 Å². The summed E-state index contributed by atoms with van der Waals surface area (Å²) in [4.78, 5) is 6.47. The van der Waals surface area contributed by atoms with Gasteiger partial charge in [-0.25, -0.2) is 13.4 Å². The lowest BCUT2D eigenvalue weighted by atomic mass is 10.1. The number of hydrogen-bond acceptors (Lipinski definition) is 6. The Kier molecular flexibility index (Phi) is 4.62. The predicted molar refractivity (Wildman–Crippen MR) is 81.3 cm³/mol. The van der Waals surface area contributed by atoms with Crippen molar-refractivity contribution in [2.75, 3.05) is 44.3 Å². The van der Waals surface area contributed by atoms with Gasteiger partial charge >= 0.3 is 0 Å². The first-order chi connectivity index (χ1) is 10.6. The quantitative estimate of drug-likeness (QED) is 0.845. The van der Waals surface area contributed by atoms with Gasteiger partial charge in [-0.1, -0.05) is 0 Å². The molecule has 2 fully saturated rings. The fourth-order valence-corrected chi connectivity index (χ4v) is 4.16. The van der Waals surface area contributed by atoms with Crippen molar-refractivity contribution >= 4 is 15.8 Å². The van der Waals surface area contributed by atoms with E-state index in [1.807, 2.05) is 4.90 Å². The zero-order valence-corrected chi connectivity index (χ0v) is 13.2. The molecule has 1 aromatic rings. The van der Waals surface area contributed by atoms with Crippen molar-refractivity contribution in [1.29, 1.82) is 0 Å². The normalized spacial score (nSPS) is 24.4. The van der Waals surface area contributed by atoms with Gasteiger partial charge in [-0.15, -0.1) is 0 Å². The van der Waals surface area contributed by atoms with Gasteiger partial charge in [0.15, 0.2) is 0 Å². The van der Waals surface area contributed by atoms with Crippen LogP contribution in [0.25, 0.3) is 0 Å². The zero-order chi connectivity index (χ0) is 15.6. The van der Waals surface area contributed by atoms with Gasteiger partial charge in [0.1, 0.15) is 10.7 Å². The highest BCUT2D eigenvalue weighted by Gasteiger charge is 2.27. The lowest BCUT2D eigenvalue weighted by molar-refractivity contribution is 0.0730. The summed E-state index contributed by atoms with van der Waals surface area (Å²) in [5, 5.41) is 9.71. The second-order valence-electron chi connectivity index (χ2n) is 5.61. The lowest BCUT2D eigenvalue weighted by Gasteiger charge is -2.31. The molecule has 22 heavy (non-hydrogen) atoms. The number of nitrogens with zero attached hydrogens (tertiary/aromatic N) is 3. The van der Waals surface area contributed by atoms with Crippen LogP contribution < -0.4 is 4.90 Å². The van der Waals surface area contributed by atoms with Crippen LogP contribution in [0.4, 0.5) is 5.82 Å². The van der Waals surface area contributed by atoms with E-state index in [-0.39, 0.29) is 11.0 Å². The van der Waals surface area contributed by atoms with Gasteiger partial charge < -0.3 is 14.7 Å². The molecule has 2 saturated heterocycles. The monoisotopic (exact) mass is 327 g/mol. The summed E-state index contributed by atoms with van der Waals surface area (Å²) in [6, 6.07) is 3.31. The molecule has 0 radical (unpaired) electrons. The van der Waals surface area contributed by atoms with Crippen molar-refractivity contribution in [3.8, 4) is 0 Å². The predicted octanol–water partition coefficient (Wildman–Crippen LogP) is 0.0636. The van der Waals surface area contributed by atoms with Crippen molar-refractivity contribution in [2.24, 2.45) is 0 Å². The van der Waals surface area contributed by atoms with Crippen molar-refractivity contribution in [2.45, 2.75) is 23.8 Å². The van der Waals surface area contributed by atoms with E-state index in [1.165, 1.54) is 10.5 Å². The summed E-state index contributed by atoms with van der Waals surface area (Å²) in [5.74, 6) is 0.708. The zero-order valence-electron chi connectivity index (χ0n) is 12.4. The summed E-state index contributed by atoms with van der Waals surface area (Å²) in [5.41, 5.74) is 0. The maximum atomic E-state index is 12.5. The number of pyridine rings is 1. The van der Waals surface area contributed by atoms with Crippen LogP contribution in [0.3, 0.4) is 0 Å². The fraction of sp³-hybridized carbons (Fsp3) is 0.643. The van der Waals surface area contributed by atoms with Crippen molar-refractivity contribution in [3.05, 3.63) is 18.3 Å². The molecule has 0 amide bonds. The molecule has 7 nitrogen and oxygen atoms in total. The minimum Gasteiger partial charge on any atom is -0.391 e. The maximum absolute atomic E-state index is 12.5. The molecule has 3 rings (SSSR count). The third-order valence-corrected chi connectivity index (χ3v) is 5.93. The highest BCUT2D eigenvalue weighted by molar-refractivity contribution is 7.89. The molecular formula is C14H21N3O4S. The number of piperidine rings is 1. The van der Waals surface area contributed by atoms with Gasteiger partial charge in [0.25, 0.3) is 0 Å². The van der Waals surface area contributed by atoms with Crippen LogP contribution in [0.2, 0.25) is 0 Å². The number of anilines is 1. The Bertz CT molecular complexity index is 599. The van der Waals surface area contributed by atoms with Crippen LogP contribution in [0.15, 0.2) is 23.2 Å². The van der Waals surface area contributed by atoms with Crippen LogP contribution in [0, 0.1) is 0 Å². The molecule has 3 heterocycles. The standard InChI is InChI=1S/C14H21N3O4S/c18-12-2-1-5-16(11-12)14-4-3-13(10-15-14)22(19,20)17-6-8-21-9-7-17/h3-4,10,12,18H,1-2,5-9,11H2/t12-/m0/s1. The Balaban J connectivity index is 1.75. The minimum absolute atomic E-state index is 0.204. The molecule has 2 aliphatic heterocycles. The lowest BCUT2D eigenvalue weighted by Crippen LogP contribution is -2.41. The van der Waals surface area contributed by atoms with Crippen molar-refractivity contribution in [3.63, 3.8) is 0 Å². The van der Waals surface area contributed by atoms with Crippen LogP contribution in [0.5, 0.6) is 0 Å². The second kappa shape index (κ2) is 6.49. The van der Waals surface area contributed by atoms with E-state index in [1.54, 1.807) is 12.1 Å². The SMILES string of the molecule is O=S(=O)(c1ccc(N2CCC[C@H](O)C2)nc1)N1CCOCC1. The average molecular weight is 327 g/mol. The number of aromatic nitrogens is 1. The number of rotatable bonds is 3. The van der Waals surface area contributed by atoms with Crippen molar-refractivity contribution < 1.29 is 18.3 Å². The Morgan fingerprint density at radius 1 is 1.23 bits per heavy atom. The summed E-state index contributed by atoms with van der Waals surface area (Å²) >= 11 is 0. The summed E-state index contributed by atoms with van der Waals surface area (Å²) in [7, 11) is -3.50. The summed E-state index contributed by atoms with van der Waals surface area (Å²) < 4.78 is 31.6. The largest absolute Gasteiger partial charge is 0.391 e. The van der Waals surface area contributed by atoms with Gasteiger partial charge in [0.2, 0.25) is 10.0 Å². The van der Waals surface area contributed by atoms with Gasteiger partial charge in [0, 0.05) is 32.4 Å². The van der Waals surface area contributed by atoms with E-state index >= 15 is 0 Å². The molecule has 0 bridgehead atoms. The van der Waals surface area contributed by atoms with Crippen LogP contribution in [-0.4, -0.2) is 68.3 Å². The maximum Gasteiger partial charge on any atom is 0.244 e. The molecule has 1 N–H and O–H groups in total. The Morgan fingerprint density at radius 3 is 2.64 bits per heavy atom. The molecule has 0 spiro atoms. The molecule has 0 aliphatic carbocycles. The van der Waals surface area contributed by atoms with E-state index in [0.29, 0.717) is 38.7 Å². The fourth-order valence-electron chi connectivity index (χ4n) is 2.81. The summed E-state index contributed by atoms with van der Waals surface area (Å²) in [6.07, 6.45) is 2.78. The number of morpholine rings is 1. The van der Waals surface area contributed by atoms with Crippen molar-refractivity contribution in [1.82, 2.24) is 9.29 Å². The molecule has 122 valence electrons. The molecule has 1 atom stereocenters. The third kappa shape index (κ3) is 3.24. The first kappa shape index (κ1) is 15.7. The molecule has 0 aromatic carbocycles. The van der Waals surface area contributed by atoms with Gasteiger partial charge in [0.05, 0.1) is 19.3 Å². The molecule has 2 aliphatic rings. The van der Waals surface area contributed by atoms with Gasteiger partial charge in [-0.05, 0) is 25.0 Å². The van der Waals surface area contributed by atoms with E-state index in [9.17, 15) is 13.5 Å². The molecule has 0 saturated carbocycles. The molecular weight excluding hydrogens is 306 g/mol. The van der Waals surface area contributed by atoms with Crippen LogP contribution in [-0.2, 0) is 14.8 Å². The number of β-amino-alcohol motifs (C(OH)–C–C–N with tert-alkyl or cyclic N) is 1. The van der Waals surface area contributed by atoms with E-state index in [4.69, 9.17) is 4.74 Å². The van der Waals surface area contributed by atoms with Crippen LogP contribution in [0.1, 0.15) is 12.8 Å². The first-order valence-electron chi connectivity index (χ1n) is 7.54. The smallest absolute Gasteiger partial charge is 0.244 e. The first-order valence-corrected chi connectivity index (χ1v) is 8.98. The highest BCUT2D eigenvalue weighted by atomic mass is 32.2. The Morgan fingerprint density at radius 2 is 2.00 bits per heavy atom.